The molecule has 4 N–H and O–H groups in total. The van der Waals surface area contributed by atoms with Crippen molar-refractivity contribution in [2.24, 2.45) is 5.92 Å². The molecule has 0 bridgehead atoms. The minimum atomic E-state index is -1.26. The molecule has 1 heterocycles. The van der Waals surface area contributed by atoms with Gasteiger partial charge in [0, 0.05) is 13.1 Å². The Labute approximate surface area is 293 Å². The van der Waals surface area contributed by atoms with Gasteiger partial charge in [0.2, 0.25) is 23.6 Å². The summed E-state index contributed by atoms with van der Waals surface area (Å²) in [5.41, 5.74) is 1.97. The summed E-state index contributed by atoms with van der Waals surface area (Å²) in [6.45, 7) is 5.42. The van der Waals surface area contributed by atoms with Crippen LogP contribution >= 0.6 is 0 Å². The van der Waals surface area contributed by atoms with Gasteiger partial charge in [-0.3, -0.25) is 24.0 Å². The van der Waals surface area contributed by atoms with Gasteiger partial charge in [-0.2, -0.15) is 0 Å². The largest absolute Gasteiger partial charge is 0.497 e. The number of fused-ring (bicyclic) bond motifs is 1. The second kappa shape index (κ2) is 18.4. The van der Waals surface area contributed by atoms with Crippen LogP contribution in [0.1, 0.15) is 55.1 Å². The predicted octanol–water partition coefficient (Wildman–Crippen LogP) is 3.00. The Hall–Kier alpha value is -5.39. The van der Waals surface area contributed by atoms with Gasteiger partial charge in [-0.15, -0.1) is 0 Å². The van der Waals surface area contributed by atoms with Gasteiger partial charge in [0.1, 0.15) is 30.2 Å². The van der Waals surface area contributed by atoms with Crippen molar-refractivity contribution in [2.75, 3.05) is 26.8 Å². The van der Waals surface area contributed by atoms with Crippen LogP contribution in [0.2, 0.25) is 0 Å². The van der Waals surface area contributed by atoms with Crippen LogP contribution in [-0.4, -0.2) is 79.4 Å². The van der Waals surface area contributed by atoms with Crippen molar-refractivity contribution in [3.63, 3.8) is 0 Å². The van der Waals surface area contributed by atoms with Crippen molar-refractivity contribution in [3.8, 4) is 11.5 Å². The van der Waals surface area contributed by atoms with E-state index < -0.39 is 54.1 Å². The third kappa shape index (κ3) is 11.1. The van der Waals surface area contributed by atoms with Crippen LogP contribution in [0.4, 0.5) is 0 Å². The highest BCUT2D eigenvalue weighted by Crippen LogP contribution is 2.19. The maximum atomic E-state index is 14.0. The van der Waals surface area contributed by atoms with Gasteiger partial charge < -0.3 is 35.6 Å². The zero-order chi connectivity index (χ0) is 36.0. The predicted molar refractivity (Wildman–Crippen MR) is 188 cm³/mol. The van der Waals surface area contributed by atoms with Crippen molar-refractivity contribution in [2.45, 2.75) is 64.7 Å². The zero-order valence-corrected chi connectivity index (χ0v) is 29.1. The van der Waals surface area contributed by atoms with Crippen LogP contribution in [0, 0.1) is 5.92 Å². The second-order valence-corrected chi connectivity index (χ2v) is 12.7. The Morgan fingerprint density at radius 3 is 2.40 bits per heavy atom. The maximum absolute atomic E-state index is 14.0. The Morgan fingerprint density at radius 1 is 0.940 bits per heavy atom. The molecule has 1 aliphatic heterocycles. The summed E-state index contributed by atoms with van der Waals surface area (Å²) in [5, 5.41) is 11.3. The standard InChI is InChI=1S/C38H47N5O7/c1-25(2)35-38(48)40-26(3)24-50-32-18-9-8-17-30(32)36(46)41-31(37(47)39-19-11-15-27-14-10-16-29(20-27)49-4)21-34(45)43(23-33(44)42-35)22-28-12-6-5-7-13-28/h5-10,12-14,16-18,20,25-26,31,35H,11,15,19,21-24H2,1-4H3,(H,39,47)(H,40,48)(H,41,46)(H,42,44)/t26-,31-,35+/m0/s1. The van der Waals surface area contributed by atoms with Gasteiger partial charge in [-0.25, -0.2) is 0 Å². The number of para-hydroxylation sites is 1. The summed E-state index contributed by atoms with van der Waals surface area (Å²) in [6.07, 6.45) is 0.861. The lowest BCUT2D eigenvalue weighted by Crippen LogP contribution is -2.54. The number of nitrogens with one attached hydrogen (secondary N) is 4. The quantitative estimate of drug-likeness (QED) is 0.253. The third-order valence-corrected chi connectivity index (χ3v) is 8.25. The first-order chi connectivity index (χ1) is 24.0. The van der Waals surface area contributed by atoms with E-state index in [1.165, 1.54) is 4.90 Å². The Bertz CT molecular complexity index is 1630. The number of rotatable bonds is 9. The summed E-state index contributed by atoms with van der Waals surface area (Å²) in [5.74, 6) is -1.89. The molecule has 3 atom stereocenters. The number of carbonyl (C=O) groups is 5. The first kappa shape index (κ1) is 37.4. The molecule has 4 rings (SSSR count). The number of ether oxygens (including phenoxy) is 2. The Morgan fingerprint density at radius 2 is 1.66 bits per heavy atom. The lowest BCUT2D eigenvalue weighted by Gasteiger charge is -2.27. The van der Waals surface area contributed by atoms with Crippen LogP contribution in [0.25, 0.3) is 0 Å². The van der Waals surface area contributed by atoms with Crippen LogP contribution in [0.15, 0.2) is 78.9 Å². The minimum Gasteiger partial charge on any atom is -0.497 e. The number of hydrogen-bond acceptors (Lipinski definition) is 7. The highest BCUT2D eigenvalue weighted by molar-refractivity contribution is 6.01. The Balaban J connectivity index is 1.61. The van der Waals surface area contributed by atoms with Crippen molar-refractivity contribution >= 4 is 29.5 Å². The van der Waals surface area contributed by atoms with Gasteiger partial charge >= 0.3 is 0 Å². The normalized spacial score (nSPS) is 19.3. The first-order valence-electron chi connectivity index (χ1n) is 16.9. The van der Waals surface area contributed by atoms with Gasteiger partial charge in [0.15, 0.2) is 0 Å². The third-order valence-electron chi connectivity index (χ3n) is 8.25. The fraction of sp³-hybridized carbons (Fsp3) is 0.395. The van der Waals surface area contributed by atoms with E-state index in [9.17, 15) is 24.0 Å². The molecular formula is C38H47N5O7. The maximum Gasteiger partial charge on any atom is 0.255 e. The number of aryl methyl sites for hydroxylation is 1. The Kier molecular flexibility index (Phi) is 13.8. The fourth-order valence-corrected chi connectivity index (χ4v) is 5.54. The molecule has 1 aliphatic rings. The van der Waals surface area contributed by atoms with E-state index in [0.717, 1.165) is 16.9 Å². The summed E-state index contributed by atoms with van der Waals surface area (Å²) < 4.78 is 11.2. The van der Waals surface area contributed by atoms with Gasteiger partial charge in [0.25, 0.3) is 5.91 Å². The van der Waals surface area contributed by atoms with Crippen molar-refractivity contribution in [1.29, 1.82) is 0 Å². The molecule has 0 aromatic heterocycles. The van der Waals surface area contributed by atoms with Crippen LogP contribution in [0.3, 0.4) is 0 Å². The molecule has 0 unspecified atom stereocenters. The van der Waals surface area contributed by atoms with Crippen LogP contribution in [-0.2, 0) is 32.1 Å². The van der Waals surface area contributed by atoms with E-state index in [1.807, 2.05) is 68.4 Å². The number of methoxy groups -OCH3 is 1. The molecule has 0 fully saturated rings. The summed E-state index contributed by atoms with van der Waals surface area (Å²) in [4.78, 5) is 69.3. The number of amides is 5. The van der Waals surface area contributed by atoms with E-state index in [1.54, 1.807) is 38.3 Å². The van der Waals surface area contributed by atoms with Crippen molar-refractivity contribution in [1.82, 2.24) is 26.2 Å². The highest BCUT2D eigenvalue weighted by Gasteiger charge is 2.31. The lowest BCUT2D eigenvalue weighted by molar-refractivity contribution is -0.139. The molecule has 0 spiro atoms. The lowest BCUT2D eigenvalue weighted by atomic mass is 10.0. The summed E-state index contributed by atoms with van der Waals surface area (Å²) >= 11 is 0. The molecule has 12 nitrogen and oxygen atoms in total. The monoisotopic (exact) mass is 685 g/mol. The average molecular weight is 686 g/mol. The topological polar surface area (TPSA) is 155 Å². The zero-order valence-electron chi connectivity index (χ0n) is 29.1. The second-order valence-electron chi connectivity index (χ2n) is 12.7. The molecule has 3 aromatic rings. The number of carbonyl (C=O) groups excluding carboxylic acids is 5. The van der Waals surface area contributed by atoms with E-state index in [2.05, 4.69) is 21.3 Å². The minimum absolute atomic E-state index is 0.0370. The molecule has 0 saturated heterocycles. The van der Waals surface area contributed by atoms with Crippen molar-refractivity contribution < 1.29 is 33.4 Å². The molecule has 0 radical (unpaired) electrons. The molecule has 3 aromatic carbocycles. The summed E-state index contributed by atoms with van der Waals surface area (Å²) in [7, 11) is 1.60. The number of hydrogen-bond donors (Lipinski definition) is 4. The average Bonchev–Trinajstić information content (AvgIpc) is 3.10. The molecule has 50 heavy (non-hydrogen) atoms. The highest BCUT2D eigenvalue weighted by atomic mass is 16.5. The smallest absolute Gasteiger partial charge is 0.255 e. The van der Waals surface area contributed by atoms with Gasteiger partial charge in [-0.05, 0) is 61.1 Å². The van der Waals surface area contributed by atoms with E-state index >= 15 is 0 Å². The van der Waals surface area contributed by atoms with Crippen LogP contribution < -0.4 is 30.7 Å². The van der Waals surface area contributed by atoms with Gasteiger partial charge in [0.05, 0.1) is 31.7 Å². The van der Waals surface area contributed by atoms with E-state index in [0.29, 0.717) is 19.4 Å². The molecule has 5 amide bonds. The number of benzene rings is 3. The SMILES string of the molecule is COc1cccc(CCCNC(=O)[C@@H]2CC(=O)N(Cc3ccccc3)CC(=O)N[C@H](C(C)C)C(=O)N[C@@H](C)COc3ccccc3C(=O)N2)c1. The van der Waals surface area contributed by atoms with Crippen LogP contribution in [0.5, 0.6) is 11.5 Å². The van der Waals surface area contributed by atoms with Gasteiger partial charge in [-0.1, -0.05) is 68.4 Å². The fourth-order valence-electron chi connectivity index (χ4n) is 5.54. The molecule has 266 valence electrons. The molecule has 0 aliphatic carbocycles. The molecule has 12 heteroatoms. The molecular weight excluding hydrogens is 638 g/mol. The van der Waals surface area contributed by atoms with E-state index in [-0.39, 0.29) is 36.9 Å². The van der Waals surface area contributed by atoms with E-state index in [4.69, 9.17) is 9.47 Å². The summed E-state index contributed by atoms with van der Waals surface area (Å²) in [6, 6.07) is 20.7. The number of nitrogens with zero attached hydrogens (tertiary/aromatic N) is 1. The first-order valence-corrected chi connectivity index (χ1v) is 16.9. The van der Waals surface area contributed by atoms with Crippen molar-refractivity contribution in [3.05, 3.63) is 95.6 Å². The molecule has 0 saturated carbocycles.